The van der Waals surface area contributed by atoms with Gasteiger partial charge in [0.15, 0.2) is 0 Å². The number of H-pyrrole nitrogens is 1. The Labute approximate surface area is 117 Å². The van der Waals surface area contributed by atoms with Crippen LogP contribution >= 0.6 is 0 Å². The Balaban J connectivity index is 1.96. The van der Waals surface area contributed by atoms with E-state index in [2.05, 4.69) is 22.3 Å². The van der Waals surface area contributed by atoms with Crippen molar-refractivity contribution < 1.29 is 4.79 Å². The molecule has 0 saturated heterocycles. The number of nitrogens with zero attached hydrogens (tertiary/aromatic N) is 2. The van der Waals surface area contributed by atoms with E-state index in [1.807, 2.05) is 24.0 Å². The largest absolute Gasteiger partial charge is 0.330 e. The molecule has 1 atom stereocenters. The number of aryl methyl sites for hydroxylation is 1. The molecule has 1 amide bonds. The number of carbonyl (C=O) groups excluding carboxylic acids is 1. The van der Waals surface area contributed by atoms with Crippen molar-refractivity contribution in [2.45, 2.75) is 19.4 Å². The fourth-order valence-corrected chi connectivity index (χ4v) is 2.87. The lowest BCUT2D eigenvalue weighted by Crippen LogP contribution is -2.43. The van der Waals surface area contributed by atoms with Crippen LogP contribution in [0.15, 0.2) is 30.5 Å². The summed E-state index contributed by atoms with van der Waals surface area (Å²) in [6.45, 7) is 2.98. The number of aromatic amines is 1. The highest BCUT2D eigenvalue weighted by atomic mass is 16.2. The van der Waals surface area contributed by atoms with E-state index >= 15 is 0 Å². The van der Waals surface area contributed by atoms with Crippen LogP contribution in [0.1, 0.15) is 33.2 Å². The summed E-state index contributed by atoms with van der Waals surface area (Å²) in [5, 5.41) is 6.74. The number of aromatic nitrogens is 2. The van der Waals surface area contributed by atoms with Crippen molar-refractivity contribution in [3.8, 4) is 0 Å². The van der Waals surface area contributed by atoms with E-state index in [0.29, 0.717) is 18.7 Å². The molecule has 1 aromatic heterocycles. The number of hydrogen-bond acceptors (Lipinski definition) is 3. The third-order valence-electron chi connectivity index (χ3n) is 3.96. The maximum absolute atomic E-state index is 12.7. The predicted octanol–water partition coefficient (Wildman–Crippen LogP) is 1.42. The first-order valence-corrected chi connectivity index (χ1v) is 6.81. The first-order valence-electron chi connectivity index (χ1n) is 6.81. The van der Waals surface area contributed by atoms with Crippen LogP contribution in [-0.2, 0) is 6.42 Å². The molecular weight excluding hydrogens is 252 g/mol. The number of fused-ring (bicyclic) bond motifs is 1. The molecule has 1 aliphatic rings. The van der Waals surface area contributed by atoms with E-state index < -0.39 is 0 Å². The Hall–Kier alpha value is -2.14. The van der Waals surface area contributed by atoms with Crippen molar-refractivity contribution in [2.24, 2.45) is 5.73 Å². The van der Waals surface area contributed by atoms with Gasteiger partial charge in [0.25, 0.3) is 5.91 Å². The molecule has 0 radical (unpaired) electrons. The Kier molecular flexibility index (Phi) is 3.28. The molecule has 1 aromatic carbocycles. The van der Waals surface area contributed by atoms with Gasteiger partial charge in [-0.25, -0.2) is 0 Å². The van der Waals surface area contributed by atoms with E-state index in [1.54, 1.807) is 6.20 Å². The zero-order chi connectivity index (χ0) is 14.1. The Bertz CT molecular complexity index is 634. The lowest BCUT2D eigenvalue weighted by atomic mass is 9.92. The topological polar surface area (TPSA) is 75.0 Å². The third-order valence-corrected chi connectivity index (χ3v) is 3.96. The fourth-order valence-electron chi connectivity index (χ4n) is 2.87. The minimum atomic E-state index is -0.0539. The van der Waals surface area contributed by atoms with Gasteiger partial charge in [-0.15, -0.1) is 0 Å². The molecule has 0 saturated carbocycles. The minimum Gasteiger partial charge on any atom is -0.330 e. The van der Waals surface area contributed by atoms with Gasteiger partial charge >= 0.3 is 0 Å². The number of rotatable bonds is 2. The number of amides is 1. The zero-order valence-corrected chi connectivity index (χ0v) is 11.5. The first kappa shape index (κ1) is 12.9. The van der Waals surface area contributed by atoms with Crippen molar-refractivity contribution in [3.05, 3.63) is 52.8 Å². The molecule has 3 rings (SSSR count). The molecule has 0 bridgehead atoms. The van der Waals surface area contributed by atoms with E-state index in [4.69, 9.17) is 5.73 Å². The number of nitrogens with one attached hydrogen (secondary N) is 1. The summed E-state index contributed by atoms with van der Waals surface area (Å²) >= 11 is 0. The molecule has 0 aliphatic carbocycles. The van der Waals surface area contributed by atoms with Gasteiger partial charge in [-0.1, -0.05) is 24.3 Å². The van der Waals surface area contributed by atoms with E-state index in [1.165, 1.54) is 5.56 Å². The van der Waals surface area contributed by atoms with Crippen LogP contribution in [0, 0.1) is 6.92 Å². The van der Waals surface area contributed by atoms with Gasteiger partial charge in [0.1, 0.15) is 0 Å². The SMILES string of the molecule is Cc1[nH]ncc1C(=O)N1CCc2ccccc2C1CN. The molecule has 0 fully saturated rings. The maximum atomic E-state index is 12.7. The Morgan fingerprint density at radius 3 is 3.00 bits per heavy atom. The molecule has 0 spiro atoms. The predicted molar refractivity (Wildman–Crippen MR) is 76.3 cm³/mol. The lowest BCUT2D eigenvalue weighted by molar-refractivity contribution is 0.0667. The van der Waals surface area contributed by atoms with Crippen LogP contribution in [0.4, 0.5) is 0 Å². The molecule has 1 aliphatic heterocycles. The molecule has 3 N–H and O–H groups in total. The molecular formula is C15H18N4O. The summed E-state index contributed by atoms with van der Waals surface area (Å²) in [5.41, 5.74) is 9.79. The van der Waals surface area contributed by atoms with Crippen LogP contribution in [-0.4, -0.2) is 34.1 Å². The number of nitrogens with two attached hydrogens (primary N) is 1. The van der Waals surface area contributed by atoms with Gasteiger partial charge in [0, 0.05) is 18.8 Å². The average molecular weight is 270 g/mol. The summed E-state index contributed by atoms with van der Waals surface area (Å²) in [7, 11) is 0. The molecule has 104 valence electrons. The van der Waals surface area contributed by atoms with Gasteiger partial charge in [-0.3, -0.25) is 9.89 Å². The van der Waals surface area contributed by atoms with E-state index in [9.17, 15) is 4.79 Å². The van der Waals surface area contributed by atoms with E-state index in [0.717, 1.165) is 17.7 Å². The number of carbonyl (C=O) groups is 1. The third kappa shape index (κ3) is 2.00. The van der Waals surface area contributed by atoms with Crippen molar-refractivity contribution >= 4 is 5.91 Å². The summed E-state index contributed by atoms with van der Waals surface area (Å²) in [5.74, 6) is 0.00111. The van der Waals surface area contributed by atoms with Crippen LogP contribution in [0.3, 0.4) is 0 Å². The van der Waals surface area contributed by atoms with Crippen LogP contribution < -0.4 is 5.73 Å². The molecule has 2 aromatic rings. The summed E-state index contributed by atoms with van der Waals surface area (Å²) in [4.78, 5) is 14.5. The van der Waals surface area contributed by atoms with Gasteiger partial charge in [0.2, 0.25) is 0 Å². The Morgan fingerprint density at radius 2 is 2.30 bits per heavy atom. The molecule has 2 heterocycles. The van der Waals surface area contributed by atoms with Gasteiger partial charge in [-0.2, -0.15) is 5.10 Å². The summed E-state index contributed by atoms with van der Waals surface area (Å²) in [6.07, 6.45) is 2.46. The number of benzene rings is 1. The minimum absolute atomic E-state index is 0.00111. The fraction of sp³-hybridized carbons (Fsp3) is 0.333. The second-order valence-corrected chi connectivity index (χ2v) is 5.11. The maximum Gasteiger partial charge on any atom is 0.257 e. The number of hydrogen-bond donors (Lipinski definition) is 2. The van der Waals surface area contributed by atoms with Crippen molar-refractivity contribution in [2.75, 3.05) is 13.1 Å². The molecule has 20 heavy (non-hydrogen) atoms. The highest BCUT2D eigenvalue weighted by Gasteiger charge is 2.31. The van der Waals surface area contributed by atoms with Crippen LogP contribution in [0.5, 0.6) is 0 Å². The average Bonchev–Trinajstić information content (AvgIpc) is 2.91. The molecule has 5 nitrogen and oxygen atoms in total. The summed E-state index contributed by atoms with van der Waals surface area (Å²) < 4.78 is 0. The zero-order valence-electron chi connectivity index (χ0n) is 11.5. The summed E-state index contributed by atoms with van der Waals surface area (Å²) in [6, 6.07) is 8.15. The van der Waals surface area contributed by atoms with Gasteiger partial charge in [-0.05, 0) is 24.5 Å². The normalized spacial score (nSPS) is 17.9. The molecule has 1 unspecified atom stereocenters. The first-order chi connectivity index (χ1) is 9.72. The molecule has 5 heteroatoms. The monoisotopic (exact) mass is 270 g/mol. The van der Waals surface area contributed by atoms with Crippen molar-refractivity contribution in [3.63, 3.8) is 0 Å². The standard InChI is InChI=1S/C15H18N4O/c1-10-13(9-17-18-10)15(20)19-7-6-11-4-2-3-5-12(11)14(19)8-16/h2-5,9,14H,6-8,16H2,1H3,(H,17,18). The lowest BCUT2D eigenvalue weighted by Gasteiger charge is -2.36. The van der Waals surface area contributed by atoms with Crippen LogP contribution in [0.25, 0.3) is 0 Å². The highest BCUT2D eigenvalue weighted by Crippen LogP contribution is 2.30. The smallest absolute Gasteiger partial charge is 0.257 e. The van der Waals surface area contributed by atoms with Gasteiger partial charge in [0.05, 0.1) is 17.8 Å². The highest BCUT2D eigenvalue weighted by molar-refractivity contribution is 5.95. The Morgan fingerprint density at radius 1 is 1.50 bits per heavy atom. The van der Waals surface area contributed by atoms with Crippen molar-refractivity contribution in [1.82, 2.24) is 15.1 Å². The van der Waals surface area contributed by atoms with Crippen LogP contribution in [0.2, 0.25) is 0 Å². The van der Waals surface area contributed by atoms with E-state index in [-0.39, 0.29) is 11.9 Å². The quantitative estimate of drug-likeness (QED) is 0.866. The second kappa shape index (κ2) is 5.09. The second-order valence-electron chi connectivity index (χ2n) is 5.11. The van der Waals surface area contributed by atoms with Crippen molar-refractivity contribution in [1.29, 1.82) is 0 Å². The van der Waals surface area contributed by atoms with Gasteiger partial charge < -0.3 is 10.6 Å².